The Morgan fingerprint density at radius 1 is 0.385 bits per heavy atom. The zero-order chi connectivity index (χ0) is 46.9. The molecule has 1 heterocycles. The van der Waals surface area contributed by atoms with Crippen LogP contribution in [-0.4, -0.2) is 15.6 Å². The number of unbranched alkanes of at least 4 members (excludes halogenated alkanes) is 32. The largest absolute Gasteiger partial charge is 0.243 e. The minimum Gasteiger partial charge on any atom is -0.237 e. The van der Waals surface area contributed by atoms with Gasteiger partial charge < -0.3 is 0 Å². The van der Waals surface area contributed by atoms with Crippen LogP contribution in [0.1, 0.15) is 337 Å². The van der Waals surface area contributed by atoms with Gasteiger partial charge in [0.15, 0.2) is 0 Å². The SMILES string of the molecule is CCCCCCCCCCCCCCCCCCC(CCCCCCCCCCCCCCCCCC)CCCCC(CCC(C)CCCC(C)C)SCCC[n+]1ccn(CCCC)c1. The molecule has 0 amide bonds. The molecule has 0 aliphatic carbocycles. The van der Waals surface area contributed by atoms with Crippen molar-refractivity contribution < 1.29 is 4.57 Å². The lowest BCUT2D eigenvalue weighted by Crippen LogP contribution is -2.31. The van der Waals surface area contributed by atoms with Crippen molar-refractivity contribution >= 4 is 11.8 Å². The molecule has 2 unspecified atom stereocenters. The van der Waals surface area contributed by atoms with E-state index in [0.29, 0.717) is 0 Å². The molecule has 2 atom stereocenters. The van der Waals surface area contributed by atoms with Crippen LogP contribution in [0.25, 0.3) is 0 Å². The Bertz CT molecular complexity index is 997. The van der Waals surface area contributed by atoms with Crippen molar-refractivity contribution in [3.63, 3.8) is 0 Å². The third-order valence-corrected chi connectivity index (χ3v) is 16.7. The van der Waals surface area contributed by atoms with E-state index >= 15 is 0 Å². The summed E-state index contributed by atoms with van der Waals surface area (Å²) in [5.41, 5.74) is 0. The molecule has 386 valence electrons. The number of rotatable bonds is 54. The highest BCUT2D eigenvalue weighted by molar-refractivity contribution is 7.99. The third-order valence-electron chi connectivity index (χ3n) is 15.2. The highest BCUT2D eigenvalue weighted by Gasteiger charge is 2.15. The van der Waals surface area contributed by atoms with E-state index in [9.17, 15) is 0 Å². The van der Waals surface area contributed by atoms with E-state index in [1.165, 1.54) is 308 Å². The standard InChI is InChI=1S/C62H123N2S/c1-7-10-13-15-17-19-21-23-25-27-29-31-33-35-37-39-47-61(48-40-38-36-34-32-30-28-26-24-22-20-18-16-14-11-8-2)49-41-42-50-62(52-51-60(6)46-43-45-59(4)5)65-57-44-54-64-56-55-63(58-64)53-12-9-3/h55-56,58-62H,7-54,57H2,1-6H3/q+1. The quantitative estimate of drug-likeness (QED) is 0.0467. The Balaban J connectivity index is 2.46. The van der Waals surface area contributed by atoms with Crippen LogP contribution in [-0.2, 0) is 13.1 Å². The molecule has 2 nitrogen and oxygen atoms in total. The summed E-state index contributed by atoms with van der Waals surface area (Å²) in [5.74, 6) is 4.05. The summed E-state index contributed by atoms with van der Waals surface area (Å²) in [7, 11) is 0. The van der Waals surface area contributed by atoms with Crippen LogP contribution in [0.3, 0.4) is 0 Å². The molecule has 0 saturated heterocycles. The third kappa shape index (κ3) is 44.5. The van der Waals surface area contributed by atoms with Gasteiger partial charge in [-0.15, -0.1) is 0 Å². The maximum atomic E-state index is 2.55. The Hall–Kier alpha value is -0.440. The monoisotopic (exact) mass is 928 g/mol. The van der Waals surface area contributed by atoms with Crippen LogP contribution in [0.2, 0.25) is 0 Å². The molecule has 1 aromatic heterocycles. The number of thioether (sulfide) groups is 1. The second-order valence-electron chi connectivity index (χ2n) is 22.4. The van der Waals surface area contributed by atoms with Gasteiger partial charge >= 0.3 is 0 Å². The molecule has 0 fully saturated rings. The second-order valence-corrected chi connectivity index (χ2v) is 23.8. The van der Waals surface area contributed by atoms with Gasteiger partial charge in [0, 0.05) is 5.25 Å². The fraction of sp³-hybridized carbons (Fsp3) is 0.952. The van der Waals surface area contributed by atoms with Crippen LogP contribution in [0.5, 0.6) is 0 Å². The first-order valence-corrected chi connectivity index (χ1v) is 31.7. The molecular formula is C62H123N2S+. The zero-order valence-corrected chi connectivity index (χ0v) is 46.8. The molecule has 0 bridgehead atoms. The maximum absolute atomic E-state index is 2.55. The minimum atomic E-state index is 0.851. The van der Waals surface area contributed by atoms with E-state index < -0.39 is 0 Å². The van der Waals surface area contributed by atoms with Crippen molar-refractivity contribution in [1.29, 1.82) is 0 Å². The molecule has 0 radical (unpaired) electrons. The van der Waals surface area contributed by atoms with E-state index in [1.807, 2.05) is 0 Å². The lowest BCUT2D eigenvalue weighted by Gasteiger charge is -2.21. The summed E-state index contributed by atoms with van der Waals surface area (Å²) in [6.07, 6.45) is 74.0. The molecule has 0 N–H and O–H groups in total. The molecule has 3 heteroatoms. The van der Waals surface area contributed by atoms with Crippen LogP contribution >= 0.6 is 11.8 Å². The van der Waals surface area contributed by atoms with Crippen molar-refractivity contribution in [2.75, 3.05) is 5.75 Å². The van der Waals surface area contributed by atoms with Gasteiger partial charge in [0.25, 0.3) is 0 Å². The second kappa shape index (κ2) is 50.0. The fourth-order valence-electron chi connectivity index (χ4n) is 10.5. The number of aryl methyl sites for hydroxylation is 2. The Labute approximate surface area is 416 Å². The summed E-state index contributed by atoms with van der Waals surface area (Å²) >= 11 is 2.34. The first kappa shape index (κ1) is 62.6. The van der Waals surface area contributed by atoms with Crippen LogP contribution in [0.15, 0.2) is 18.7 Å². The highest BCUT2D eigenvalue weighted by atomic mass is 32.2. The lowest BCUT2D eigenvalue weighted by molar-refractivity contribution is -0.696. The van der Waals surface area contributed by atoms with E-state index in [1.54, 1.807) is 0 Å². The number of hydrogen-bond donors (Lipinski definition) is 0. The van der Waals surface area contributed by atoms with Gasteiger partial charge in [-0.25, -0.2) is 9.13 Å². The van der Waals surface area contributed by atoms with Gasteiger partial charge in [-0.05, 0) is 55.6 Å². The first-order valence-electron chi connectivity index (χ1n) is 30.6. The van der Waals surface area contributed by atoms with Gasteiger partial charge in [-0.3, -0.25) is 0 Å². The number of nitrogens with zero attached hydrogens (tertiary/aromatic N) is 2. The average molecular weight is 929 g/mol. The van der Waals surface area contributed by atoms with Crippen LogP contribution < -0.4 is 4.57 Å². The van der Waals surface area contributed by atoms with Gasteiger partial charge in [0.05, 0.1) is 13.1 Å². The van der Waals surface area contributed by atoms with E-state index in [-0.39, 0.29) is 0 Å². The van der Waals surface area contributed by atoms with Crippen molar-refractivity contribution in [1.82, 2.24) is 4.57 Å². The molecule has 0 aliphatic heterocycles. The van der Waals surface area contributed by atoms with Crippen molar-refractivity contribution in [3.8, 4) is 0 Å². The minimum absolute atomic E-state index is 0.851. The van der Waals surface area contributed by atoms with Crippen LogP contribution in [0.4, 0.5) is 0 Å². The van der Waals surface area contributed by atoms with Crippen molar-refractivity contribution in [2.45, 2.75) is 355 Å². The predicted molar refractivity (Wildman–Crippen MR) is 298 cm³/mol. The maximum Gasteiger partial charge on any atom is 0.243 e. The Kier molecular flexibility index (Phi) is 48.1. The average Bonchev–Trinajstić information content (AvgIpc) is 3.76. The van der Waals surface area contributed by atoms with E-state index in [0.717, 1.165) is 29.5 Å². The zero-order valence-electron chi connectivity index (χ0n) is 46.0. The molecule has 0 saturated carbocycles. The molecule has 0 aliphatic rings. The lowest BCUT2D eigenvalue weighted by atomic mass is 9.89. The first-order chi connectivity index (χ1) is 32.0. The fourth-order valence-corrected chi connectivity index (χ4v) is 11.8. The van der Waals surface area contributed by atoms with E-state index in [2.05, 4.69) is 81.2 Å². The topological polar surface area (TPSA) is 8.81 Å². The summed E-state index contributed by atoms with van der Waals surface area (Å²) in [6.45, 7) is 16.6. The smallest absolute Gasteiger partial charge is 0.237 e. The highest BCUT2D eigenvalue weighted by Crippen LogP contribution is 2.30. The number of hydrogen-bond acceptors (Lipinski definition) is 1. The normalized spacial score (nSPS) is 12.9. The molecule has 0 spiro atoms. The van der Waals surface area contributed by atoms with Gasteiger partial charge in [-0.1, -0.05) is 305 Å². The Morgan fingerprint density at radius 2 is 0.785 bits per heavy atom. The van der Waals surface area contributed by atoms with Gasteiger partial charge in [-0.2, -0.15) is 11.8 Å². The molecule has 65 heavy (non-hydrogen) atoms. The van der Waals surface area contributed by atoms with Crippen molar-refractivity contribution in [3.05, 3.63) is 18.7 Å². The van der Waals surface area contributed by atoms with Gasteiger partial charge in [0.2, 0.25) is 6.33 Å². The number of imidazole rings is 1. The molecular weight excluding hydrogens is 805 g/mol. The number of aromatic nitrogens is 2. The molecule has 1 aromatic rings. The van der Waals surface area contributed by atoms with Gasteiger partial charge in [0.1, 0.15) is 12.4 Å². The summed E-state index contributed by atoms with van der Waals surface area (Å²) in [5, 5.41) is 0.862. The predicted octanol–water partition coefficient (Wildman–Crippen LogP) is 21.8. The summed E-state index contributed by atoms with van der Waals surface area (Å²) in [4.78, 5) is 0. The summed E-state index contributed by atoms with van der Waals surface area (Å²) in [6, 6.07) is 0. The Morgan fingerprint density at radius 3 is 1.22 bits per heavy atom. The van der Waals surface area contributed by atoms with Crippen LogP contribution in [0, 0.1) is 17.8 Å². The molecule has 1 rings (SSSR count). The van der Waals surface area contributed by atoms with Crippen molar-refractivity contribution in [2.24, 2.45) is 17.8 Å². The summed E-state index contributed by atoms with van der Waals surface area (Å²) < 4.78 is 4.81. The van der Waals surface area contributed by atoms with E-state index in [4.69, 9.17) is 0 Å². The molecule has 0 aromatic carbocycles.